The Balaban J connectivity index is 2.97. The van der Waals surface area contributed by atoms with Gasteiger partial charge in [-0.1, -0.05) is 0 Å². The van der Waals surface area contributed by atoms with Gasteiger partial charge < -0.3 is 9.52 Å². The van der Waals surface area contributed by atoms with Crippen molar-refractivity contribution in [3.05, 3.63) is 28.7 Å². The smallest absolute Gasteiger partial charge is 0.173 e. The fraction of sp³-hybridized carbons (Fsp3) is 0. The highest BCUT2D eigenvalue weighted by Crippen LogP contribution is 2.34. The van der Waals surface area contributed by atoms with Crippen molar-refractivity contribution in [2.75, 3.05) is 0 Å². The third kappa shape index (κ3) is 0.914. The normalized spacial score (nSPS) is 10.8. The highest BCUT2D eigenvalue weighted by atomic mass is 79.9. The van der Waals surface area contributed by atoms with Gasteiger partial charge >= 0.3 is 0 Å². The zero-order valence-electron chi connectivity index (χ0n) is 5.84. The number of furan rings is 1. The zero-order chi connectivity index (χ0) is 8.72. The molecule has 0 saturated carbocycles. The summed E-state index contributed by atoms with van der Waals surface area (Å²) in [5, 5.41) is 9.77. The summed E-state index contributed by atoms with van der Waals surface area (Å²) in [6, 6.07) is 2.68. The molecule has 0 atom stereocenters. The van der Waals surface area contributed by atoms with Gasteiger partial charge in [0.25, 0.3) is 0 Å². The average Bonchev–Trinajstić information content (AvgIpc) is 2.48. The molecule has 0 unspecified atom stereocenters. The predicted molar refractivity (Wildman–Crippen MR) is 45.5 cm³/mol. The van der Waals surface area contributed by atoms with Crippen molar-refractivity contribution in [3.8, 4) is 5.75 Å². The molecule has 2 nitrogen and oxygen atoms in total. The lowest BCUT2D eigenvalue weighted by molar-refractivity contribution is 0.475. The quantitative estimate of drug-likeness (QED) is 0.755. The van der Waals surface area contributed by atoms with Gasteiger partial charge in [-0.3, -0.25) is 0 Å². The fourth-order valence-electron chi connectivity index (χ4n) is 1.05. The van der Waals surface area contributed by atoms with Crippen LogP contribution in [-0.4, -0.2) is 5.11 Å². The van der Waals surface area contributed by atoms with Crippen LogP contribution in [0.5, 0.6) is 5.75 Å². The summed E-state index contributed by atoms with van der Waals surface area (Å²) in [4.78, 5) is 0. The van der Waals surface area contributed by atoms with E-state index in [2.05, 4.69) is 15.9 Å². The minimum Gasteiger partial charge on any atom is -0.506 e. The molecule has 0 radical (unpaired) electrons. The summed E-state index contributed by atoms with van der Waals surface area (Å²) in [7, 11) is 0. The van der Waals surface area contributed by atoms with Crippen molar-refractivity contribution in [1.82, 2.24) is 0 Å². The van der Waals surface area contributed by atoms with Crippen molar-refractivity contribution in [1.29, 1.82) is 0 Å². The number of fused-ring (bicyclic) bond motifs is 1. The molecule has 1 heterocycles. The molecule has 1 aromatic carbocycles. The summed E-state index contributed by atoms with van der Waals surface area (Å²) >= 11 is 3.02. The Labute approximate surface area is 75.7 Å². The van der Waals surface area contributed by atoms with Crippen LogP contribution in [0, 0.1) is 5.82 Å². The van der Waals surface area contributed by atoms with E-state index in [0.717, 1.165) is 0 Å². The van der Waals surface area contributed by atoms with Gasteiger partial charge in [0, 0.05) is 0 Å². The third-order valence-electron chi connectivity index (χ3n) is 1.62. The molecular formula is C8H4BrFO2. The van der Waals surface area contributed by atoms with E-state index >= 15 is 0 Å². The van der Waals surface area contributed by atoms with Crippen molar-refractivity contribution in [2.24, 2.45) is 0 Å². The molecule has 0 fully saturated rings. The standard InChI is InChI=1S/C8H4BrFO2/c9-5-3-6(10)8-4(7(5)11)1-2-12-8/h1-3,11H. The molecule has 0 amide bonds. The molecule has 4 heteroatoms. The van der Waals surface area contributed by atoms with Gasteiger partial charge in [-0.15, -0.1) is 0 Å². The number of phenols is 1. The van der Waals surface area contributed by atoms with Gasteiger partial charge in [0.1, 0.15) is 5.75 Å². The minimum absolute atomic E-state index is 0.000139. The predicted octanol–water partition coefficient (Wildman–Crippen LogP) is 3.04. The molecule has 12 heavy (non-hydrogen) atoms. The average molecular weight is 231 g/mol. The molecule has 0 aliphatic heterocycles. The largest absolute Gasteiger partial charge is 0.506 e. The van der Waals surface area contributed by atoms with E-state index in [4.69, 9.17) is 4.42 Å². The number of hydrogen-bond donors (Lipinski definition) is 1. The molecule has 0 aliphatic rings. The minimum atomic E-state index is -0.486. The molecule has 2 rings (SSSR count). The van der Waals surface area contributed by atoms with Gasteiger partial charge in [-0.25, -0.2) is 4.39 Å². The summed E-state index contributed by atoms with van der Waals surface area (Å²) in [5.74, 6) is -0.486. The van der Waals surface area contributed by atoms with Crippen LogP contribution >= 0.6 is 15.9 Å². The second-order valence-electron chi connectivity index (χ2n) is 2.35. The molecule has 0 aliphatic carbocycles. The maximum atomic E-state index is 13.0. The Morgan fingerprint density at radius 3 is 3.00 bits per heavy atom. The maximum absolute atomic E-state index is 13.0. The van der Waals surface area contributed by atoms with E-state index in [9.17, 15) is 9.50 Å². The van der Waals surface area contributed by atoms with Crippen LogP contribution in [0.4, 0.5) is 4.39 Å². The third-order valence-corrected chi connectivity index (χ3v) is 2.22. The van der Waals surface area contributed by atoms with Crippen LogP contribution in [0.3, 0.4) is 0 Å². The number of hydrogen-bond acceptors (Lipinski definition) is 2. The molecule has 62 valence electrons. The Morgan fingerprint density at radius 1 is 1.50 bits per heavy atom. The van der Waals surface area contributed by atoms with E-state index in [1.165, 1.54) is 18.4 Å². The summed E-state index contributed by atoms with van der Waals surface area (Å²) in [6.07, 6.45) is 1.33. The fourth-order valence-corrected chi connectivity index (χ4v) is 1.47. The highest BCUT2D eigenvalue weighted by molar-refractivity contribution is 9.10. The topological polar surface area (TPSA) is 33.4 Å². The first-order valence-corrected chi connectivity index (χ1v) is 4.03. The van der Waals surface area contributed by atoms with E-state index < -0.39 is 5.82 Å². The number of aromatic hydroxyl groups is 1. The van der Waals surface area contributed by atoms with Gasteiger partial charge in [0.2, 0.25) is 0 Å². The van der Waals surface area contributed by atoms with Crippen LogP contribution < -0.4 is 0 Å². The SMILES string of the molecule is Oc1c(Br)cc(F)c2occc12. The molecule has 0 bridgehead atoms. The van der Waals surface area contributed by atoms with Crippen LogP contribution in [0.2, 0.25) is 0 Å². The zero-order valence-corrected chi connectivity index (χ0v) is 7.43. The molecule has 2 aromatic rings. The number of phenolic OH excluding ortho intramolecular Hbond substituents is 1. The second kappa shape index (κ2) is 2.48. The lowest BCUT2D eigenvalue weighted by atomic mass is 10.2. The van der Waals surface area contributed by atoms with Gasteiger partial charge in [-0.2, -0.15) is 0 Å². The summed E-state index contributed by atoms with van der Waals surface area (Å²) < 4.78 is 18.2. The van der Waals surface area contributed by atoms with Crippen molar-refractivity contribution < 1.29 is 13.9 Å². The van der Waals surface area contributed by atoms with Crippen LogP contribution in [-0.2, 0) is 0 Å². The molecule has 0 spiro atoms. The molecular weight excluding hydrogens is 227 g/mol. The Morgan fingerprint density at radius 2 is 2.25 bits per heavy atom. The van der Waals surface area contributed by atoms with Gasteiger partial charge in [0.15, 0.2) is 11.4 Å². The Bertz CT molecular complexity index is 436. The van der Waals surface area contributed by atoms with Crippen molar-refractivity contribution >= 4 is 26.9 Å². The van der Waals surface area contributed by atoms with Crippen molar-refractivity contribution in [3.63, 3.8) is 0 Å². The van der Waals surface area contributed by atoms with Crippen LogP contribution in [0.25, 0.3) is 11.0 Å². The summed E-state index contributed by atoms with van der Waals surface area (Å²) in [6.45, 7) is 0. The molecule has 1 aromatic heterocycles. The van der Waals surface area contributed by atoms with Gasteiger partial charge in [-0.05, 0) is 28.1 Å². The first-order chi connectivity index (χ1) is 5.70. The number of rotatable bonds is 0. The Kier molecular flexibility index (Phi) is 1.58. The van der Waals surface area contributed by atoms with E-state index in [1.54, 1.807) is 0 Å². The van der Waals surface area contributed by atoms with E-state index in [-0.39, 0.29) is 11.3 Å². The summed E-state index contributed by atoms with van der Waals surface area (Å²) in [5.41, 5.74) is 0.0794. The van der Waals surface area contributed by atoms with E-state index in [1.807, 2.05) is 0 Å². The second-order valence-corrected chi connectivity index (χ2v) is 3.21. The highest BCUT2D eigenvalue weighted by Gasteiger charge is 2.11. The van der Waals surface area contributed by atoms with E-state index in [0.29, 0.717) is 9.86 Å². The number of benzene rings is 1. The van der Waals surface area contributed by atoms with Crippen LogP contribution in [0.15, 0.2) is 27.3 Å². The first kappa shape index (κ1) is 7.61. The van der Waals surface area contributed by atoms with Crippen LogP contribution in [0.1, 0.15) is 0 Å². The molecule has 0 saturated heterocycles. The molecule has 1 N–H and O–H groups in total. The van der Waals surface area contributed by atoms with Crippen molar-refractivity contribution in [2.45, 2.75) is 0 Å². The number of halogens is 2. The lowest BCUT2D eigenvalue weighted by Gasteiger charge is -1.97. The monoisotopic (exact) mass is 230 g/mol. The van der Waals surface area contributed by atoms with Gasteiger partial charge in [0.05, 0.1) is 16.1 Å². The Hall–Kier alpha value is -1.03. The first-order valence-electron chi connectivity index (χ1n) is 3.24. The maximum Gasteiger partial charge on any atom is 0.173 e. The lowest BCUT2D eigenvalue weighted by Crippen LogP contribution is -1.77.